The zero-order valence-electron chi connectivity index (χ0n) is 31.4. The second-order valence-electron chi connectivity index (χ2n) is 15.7. The zero-order valence-corrected chi connectivity index (χ0v) is 32.9. The molecule has 0 N–H and O–H groups in total. The number of halogens is 2. The van der Waals surface area contributed by atoms with Crippen LogP contribution in [-0.2, 0) is 40.0 Å². The molecule has 6 fully saturated rings. The molecule has 1 saturated carbocycles. The Morgan fingerprint density at radius 2 is 1.73 bits per heavy atom. The molecular formula is C39H58Cl2N4O7. The number of anilines is 1. The Bertz CT molecular complexity index is 1370. The van der Waals surface area contributed by atoms with Crippen LogP contribution in [0.1, 0.15) is 64.9 Å². The molecule has 5 aliphatic heterocycles. The summed E-state index contributed by atoms with van der Waals surface area (Å²) in [5.74, 6) is 0.596. The van der Waals surface area contributed by atoms with Crippen LogP contribution in [0.15, 0.2) is 29.3 Å². The molecule has 1 aliphatic carbocycles. The molecule has 7 rings (SSSR count). The summed E-state index contributed by atoms with van der Waals surface area (Å²) < 4.78 is 18.4. The number of carbonyl (C=O) groups excluding carboxylic acids is 2. The number of carbonyl (C=O) groups is 2. The van der Waals surface area contributed by atoms with Gasteiger partial charge >= 0.3 is 5.97 Å². The van der Waals surface area contributed by atoms with Crippen LogP contribution < -0.4 is 4.90 Å². The molecule has 1 aromatic carbocycles. The van der Waals surface area contributed by atoms with Gasteiger partial charge in [0.25, 0.3) is 5.91 Å². The predicted molar refractivity (Wildman–Crippen MR) is 202 cm³/mol. The van der Waals surface area contributed by atoms with Gasteiger partial charge < -0.3 is 24.0 Å². The second-order valence-corrected chi connectivity index (χ2v) is 16.5. The van der Waals surface area contributed by atoms with E-state index in [0.717, 1.165) is 76.1 Å². The van der Waals surface area contributed by atoms with E-state index in [-0.39, 0.29) is 24.8 Å². The van der Waals surface area contributed by atoms with Gasteiger partial charge in [0.05, 0.1) is 25.7 Å². The van der Waals surface area contributed by atoms with Gasteiger partial charge in [-0.2, -0.15) is 0 Å². The average molecular weight is 766 g/mol. The minimum Gasteiger partial charge on any atom is -0.469 e. The molecule has 1 spiro atoms. The highest BCUT2D eigenvalue weighted by Gasteiger charge is 2.69. The lowest BCUT2D eigenvalue weighted by Gasteiger charge is -2.60. The van der Waals surface area contributed by atoms with Crippen molar-refractivity contribution in [3.05, 3.63) is 29.8 Å². The third-order valence-electron chi connectivity index (χ3n) is 12.5. The number of fused-ring (bicyclic) bond motifs is 2. The fourth-order valence-electron chi connectivity index (χ4n) is 9.42. The Morgan fingerprint density at radius 1 is 1.02 bits per heavy atom. The summed E-state index contributed by atoms with van der Waals surface area (Å²) in [6.45, 7) is 12.7. The highest BCUT2D eigenvalue weighted by Crippen LogP contribution is 2.60. The van der Waals surface area contributed by atoms with E-state index in [2.05, 4.69) is 33.5 Å². The Morgan fingerprint density at radius 3 is 2.42 bits per heavy atom. The Kier molecular flexibility index (Phi) is 13.6. The van der Waals surface area contributed by atoms with Crippen molar-refractivity contribution in [2.24, 2.45) is 34.6 Å². The maximum atomic E-state index is 12.9. The number of hydrogen-bond donors (Lipinski definition) is 0. The molecular weight excluding hydrogens is 707 g/mol. The Balaban J connectivity index is 0.942. The summed E-state index contributed by atoms with van der Waals surface area (Å²) in [4.78, 5) is 48.7. The van der Waals surface area contributed by atoms with Crippen LogP contribution in [0.3, 0.4) is 0 Å². The van der Waals surface area contributed by atoms with Crippen molar-refractivity contribution >= 4 is 47.0 Å². The van der Waals surface area contributed by atoms with Crippen LogP contribution in [0.4, 0.5) is 5.69 Å². The summed E-state index contributed by atoms with van der Waals surface area (Å²) in [5, 5.41) is 0. The summed E-state index contributed by atoms with van der Waals surface area (Å²) in [7, 11) is 1.35. The maximum absolute atomic E-state index is 12.9. The first-order valence-corrected chi connectivity index (χ1v) is 20.4. The lowest BCUT2D eigenvalue weighted by molar-refractivity contribution is -0.571. The molecule has 2 bridgehead atoms. The fraction of sp³-hybridized carbons (Fsp3) is 0.769. The largest absolute Gasteiger partial charge is 0.469 e. The number of esters is 1. The van der Waals surface area contributed by atoms with E-state index in [4.69, 9.17) is 47.2 Å². The molecule has 5 saturated heterocycles. The first kappa shape index (κ1) is 39.9. The molecule has 0 radical (unpaired) electrons. The van der Waals surface area contributed by atoms with Crippen LogP contribution in [0.25, 0.3) is 0 Å². The average Bonchev–Trinajstić information content (AvgIpc) is 3.38. The van der Waals surface area contributed by atoms with E-state index in [0.29, 0.717) is 54.9 Å². The number of amides is 1. The SMILES string of the molecule is COC(=O)C(C=NC(=O)CN1CCN(CCCC2OC3OC4(C)CCC5C(C)CCC(C2C)C35OO4)CC1)Cc1ccc(N(CCCl)CCCl)cc1. The molecule has 6 aliphatic rings. The van der Waals surface area contributed by atoms with Gasteiger partial charge in [-0.05, 0) is 87.4 Å². The molecule has 13 heteroatoms. The summed E-state index contributed by atoms with van der Waals surface area (Å²) in [6.07, 6.45) is 7.78. The summed E-state index contributed by atoms with van der Waals surface area (Å²) in [6, 6.07) is 7.93. The molecule has 1 amide bonds. The highest BCUT2D eigenvalue weighted by molar-refractivity contribution is 6.18. The Labute approximate surface area is 319 Å². The van der Waals surface area contributed by atoms with Crippen molar-refractivity contribution in [2.75, 3.05) is 76.1 Å². The molecule has 0 aromatic heterocycles. The number of ether oxygens (including phenoxy) is 3. The van der Waals surface area contributed by atoms with Gasteiger partial charge in [-0.3, -0.25) is 14.5 Å². The van der Waals surface area contributed by atoms with E-state index in [1.54, 1.807) is 0 Å². The third kappa shape index (κ3) is 8.83. The molecule has 9 atom stereocenters. The van der Waals surface area contributed by atoms with Crippen molar-refractivity contribution in [2.45, 2.75) is 89.5 Å². The van der Waals surface area contributed by atoms with Gasteiger partial charge in [0.2, 0.25) is 5.79 Å². The van der Waals surface area contributed by atoms with Gasteiger partial charge in [0, 0.05) is 75.3 Å². The fourth-order valence-corrected chi connectivity index (χ4v) is 9.83. The zero-order chi connectivity index (χ0) is 36.9. The normalized spacial score (nSPS) is 34.1. The topological polar surface area (TPSA) is 102 Å². The van der Waals surface area contributed by atoms with Crippen LogP contribution in [0.2, 0.25) is 0 Å². The maximum Gasteiger partial charge on any atom is 0.314 e. The molecule has 5 heterocycles. The van der Waals surface area contributed by atoms with E-state index in [1.165, 1.54) is 19.7 Å². The van der Waals surface area contributed by atoms with Crippen molar-refractivity contribution in [1.29, 1.82) is 0 Å². The van der Waals surface area contributed by atoms with Gasteiger partial charge in [-0.25, -0.2) is 14.8 Å². The third-order valence-corrected chi connectivity index (χ3v) is 12.8. The molecule has 52 heavy (non-hydrogen) atoms. The number of methoxy groups -OCH3 is 1. The Hall–Kier alpha value is -1.83. The second kappa shape index (κ2) is 17.8. The van der Waals surface area contributed by atoms with Crippen molar-refractivity contribution in [3.63, 3.8) is 0 Å². The molecule has 290 valence electrons. The minimum absolute atomic E-state index is 0.124. The van der Waals surface area contributed by atoms with E-state index >= 15 is 0 Å². The van der Waals surface area contributed by atoms with Crippen LogP contribution in [-0.4, -0.2) is 123 Å². The lowest BCUT2D eigenvalue weighted by atomic mass is 9.57. The molecule has 11 nitrogen and oxygen atoms in total. The number of piperazine rings is 1. The first-order valence-electron chi connectivity index (χ1n) is 19.3. The predicted octanol–water partition coefficient (Wildman–Crippen LogP) is 5.55. The van der Waals surface area contributed by atoms with Gasteiger partial charge in [0.1, 0.15) is 0 Å². The first-order chi connectivity index (χ1) is 25.1. The van der Waals surface area contributed by atoms with Gasteiger partial charge in [0.15, 0.2) is 11.9 Å². The van der Waals surface area contributed by atoms with Crippen LogP contribution in [0.5, 0.6) is 0 Å². The minimum atomic E-state index is -0.747. The number of rotatable bonds is 15. The number of aliphatic imine (C=N–C) groups is 1. The number of benzene rings is 1. The lowest BCUT2D eigenvalue weighted by Crippen LogP contribution is -2.70. The quantitative estimate of drug-likeness (QED) is 0.0979. The van der Waals surface area contributed by atoms with Crippen LogP contribution in [0, 0.1) is 29.6 Å². The monoisotopic (exact) mass is 764 g/mol. The molecule has 1 aromatic rings. The van der Waals surface area contributed by atoms with E-state index in [1.807, 2.05) is 31.2 Å². The van der Waals surface area contributed by atoms with Crippen molar-refractivity contribution < 1.29 is 33.6 Å². The summed E-state index contributed by atoms with van der Waals surface area (Å²) >= 11 is 11.9. The molecule has 9 unspecified atom stereocenters. The van der Waals surface area contributed by atoms with Crippen LogP contribution >= 0.6 is 23.2 Å². The van der Waals surface area contributed by atoms with E-state index < -0.39 is 23.3 Å². The van der Waals surface area contributed by atoms with Crippen molar-refractivity contribution in [3.8, 4) is 0 Å². The smallest absolute Gasteiger partial charge is 0.314 e. The summed E-state index contributed by atoms with van der Waals surface area (Å²) in [5.41, 5.74) is 1.45. The van der Waals surface area contributed by atoms with Gasteiger partial charge in [-0.15, -0.1) is 23.2 Å². The van der Waals surface area contributed by atoms with Crippen molar-refractivity contribution in [1.82, 2.24) is 9.80 Å². The van der Waals surface area contributed by atoms with E-state index in [9.17, 15) is 9.59 Å². The number of hydrogen-bond acceptors (Lipinski definition) is 10. The highest BCUT2D eigenvalue weighted by atomic mass is 35.5. The number of nitrogens with zero attached hydrogens (tertiary/aromatic N) is 4. The van der Waals surface area contributed by atoms with Gasteiger partial charge in [-0.1, -0.05) is 26.0 Å². The number of alkyl halides is 2. The standard InChI is InChI=1S/C39H58Cl2N4O7/c1-27-7-12-33-28(2)34(49-37-39(33)32(27)13-14-38(3,50-37)51-52-39)6-5-17-43-20-22-44(23-21-43)26-35(46)42-25-30(36(47)48-4)24-29-8-10-31(11-9-29)45(18-15-40)19-16-41/h8-11,25,27-28,30,32-34,37H,5-7,12-24,26H2,1-4H3.